The summed E-state index contributed by atoms with van der Waals surface area (Å²) >= 11 is 1.63. The molecule has 106 valence electrons. The summed E-state index contributed by atoms with van der Waals surface area (Å²) in [5.41, 5.74) is 7.24. The highest BCUT2D eigenvalue weighted by Crippen LogP contribution is 2.25. The number of methoxy groups -OCH3 is 1. The van der Waals surface area contributed by atoms with Crippen LogP contribution < -0.4 is 10.5 Å². The average molecular weight is 292 g/mol. The van der Waals surface area contributed by atoms with E-state index in [1.807, 2.05) is 29.9 Å². The zero-order valence-corrected chi connectivity index (χ0v) is 12.1. The number of oxime groups is 1. The lowest BCUT2D eigenvalue weighted by molar-refractivity contribution is 0.318. The van der Waals surface area contributed by atoms with Gasteiger partial charge < -0.3 is 20.2 Å². The molecular weight excluding hydrogens is 276 g/mol. The van der Waals surface area contributed by atoms with E-state index in [1.54, 1.807) is 31.1 Å². The summed E-state index contributed by atoms with van der Waals surface area (Å²) in [6.07, 6.45) is 3.68. The van der Waals surface area contributed by atoms with Gasteiger partial charge in [0.2, 0.25) is 0 Å². The molecule has 0 aliphatic carbocycles. The third kappa shape index (κ3) is 3.05. The van der Waals surface area contributed by atoms with Crippen molar-refractivity contribution in [3.05, 3.63) is 41.7 Å². The monoisotopic (exact) mass is 292 g/mol. The number of ether oxygens (including phenoxy) is 1. The summed E-state index contributed by atoms with van der Waals surface area (Å²) in [5.74, 6) is 1.38. The van der Waals surface area contributed by atoms with E-state index in [0.29, 0.717) is 11.3 Å². The first-order chi connectivity index (χ1) is 9.65. The maximum Gasteiger partial charge on any atom is 0.173 e. The summed E-state index contributed by atoms with van der Waals surface area (Å²) in [5, 5.41) is 12.7. The molecule has 0 saturated heterocycles. The number of imidazole rings is 1. The molecule has 1 aromatic heterocycles. The molecule has 0 radical (unpaired) electrons. The minimum Gasteiger partial charge on any atom is -0.496 e. The Morgan fingerprint density at radius 2 is 2.35 bits per heavy atom. The van der Waals surface area contributed by atoms with E-state index >= 15 is 0 Å². The van der Waals surface area contributed by atoms with Gasteiger partial charge in [0.15, 0.2) is 11.0 Å². The minimum absolute atomic E-state index is 0.0326. The molecule has 0 amide bonds. The molecule has 0 fully saturated rings. The van der Waals surface area contributed by atoms with Gasteiger partial charge in [0.05, 0.1) is 12.7 Å². The van der Waals surface area contributed by atoms with Crippen LogP contribution in [0.1, 0.15) is 11.1 Å². The fraction of sp³-hybridized carbons (Fsp3) is 0.231. The minimum atomic E-state index is 0.0326. The van der Waals surface area contributed by atoms with E-state index < -0.39 is 0 Å². The Labute approximate surface area is 121 Å². The molecule has 20 heavy (non-hydrogen) atoms. The van der Waals surface area contributed by atoms with Crippen LogP contribution in [-0.2, 0) is 12.8 Å². The Bertz CT molecular complexity index is 625. The summed E-state index contributed by atoms with van der Waals surface area (Å²) < 4.78 is 7.23. The molecule has 2 aromatic rings. The number of nitrogens with two attached hydrogens (primary N) is 1. The first-order valence-corrected chi connectivity index (χ1v) is 6.89. The molecule has 7 heteroatoms. The molecule has 0 saturated carbocycles. The molecule has 0 spiro atoms. The fourth-order valence-corrected chi connectivity index (χ4v) is 2.60. The van der Waals surface area contributed by atoms with Gasteiger partial charge in [-0.2, -0.15) is 0 Å². The number of hydrogen-bond donors (Lipinski definition) is 2. The van der Waals surface area contributed by atoms with Crippen LogP contribution in [0.4, 0.5) is 0 Å². The number of rotatable bonds is 5. The van der Waals surface area contributed by atoms with E-state index in [4.69, 9.17) is 15.7 Å². The van der Waals surface area contributed by atoms with Crippen LogP contribution in [0.3, 0.4) is 0 Å². The number of benzene rings is 1. The quantitative estimate of drug-likeness (QED) is 0.289. The first-order valence-electron chi connectivity index (χ1n) is 5.90. The number of thioether (sulfide) groups is 1. The van der Waals surface area contributed by atoms with Gasteiger partial charge in [0.1, 0.15) is 5.75 Å². The summed E-state index contributed by atoms with van der Waals surface area (Å²) in [7, 11) is 3.51. The maximum atomic E-state index is 8.73. The lowest BCUT2D eigenvalue weighted by Crippen LogP contribution is -2.14. The van der Waals surface area contributed by atoms with Crippen molar-refractivity contribution in [2.24, 2.45) is 17.9 Å². The lowest BCUT2D eigenvalue weighted by atomic mass is 10.1. The molecule has 6 nitrogen and oxygen atoms in total. The summed E-state index contributed by atoms with van der Waals surface area (Å²) in [4.78, 5) is 4.25. The average Bonchev–Trinajstić information content (AvgIpc) is 2.89. The van der Waals surface area contributed by atoms with Crippen LogP contribution in [0.25, 0.3) is 0 Å². The highest BCUT2D eigenvalue weighted by molar-refractivity contribution is 7.98. The van der Waals surface area contributed by atoms with Gasteiger partial charge in [0.25, 0.3) is 0 Å². The molecule has 3 N–H and O–H groups in total. The highest BCUT2D eigenvalue weighted by atomic mass is 32.2. The number of amidine groups is 1. The van der Waals surface area contributed by atoms with Crippen molar-refractivity contribution in [3.63, 3.8) is 0 Å². The molecule has 0 bridgehead atoms. The standard InChI is InChI=1S/C13H16N4O2S/c1-17-6-5-15-13(17)20-8-9-3-4-10(12(14)16-18)11(7-9)19-2/h3-7,18H,8H2,1-2H3,(H2,14,16). The predicted octanol–water partition coefficient (Wildman–Crippen LogP) is 1.82. The molecule has 0 unspecified atom stereocenters. The third-order valence-electron chi connectivity index (χ3n) is 2.79. The third-order valence-corrected chi connectivity index (χ3v) is 3.92. The van der Waals surface area contributed by atoms with Crippen molar-refractivity contribution < 1.29 is 9.94 Å². The van der Waals surface area contributed by atoms with Crippen molar-refractivity contribution in [1.29, 1.82) is 0 Å². The fourth-order valence-electron chi connectivity index (χ4n) is 1.73. The second-order valence-corrected chi connectivity index (χ2v) is 5.07. The van der Waals surface area contributed by atoms with Gasteiger partial charge >= 0.3 is 0 Å². The maximum absolute atomic E-state index is 8.73. The van der Waals surface area contributed by atoms with Crippen LogP contribution in [0, 0.1) is 0 Å². The Kier molecular flexibility index (Phi) is 4.52. The van der Waals surface area contributed by atoms with E-state index in [9.17, 15) is 0 Å². The van der Waals surface area contributed by atoms with Crippen LogP contribution in [0.15, 0.2) is 40.9 Å². The van der Waals surface area contributed by atoms with Gasteiger partial charge in [-0.05, 0) is 17.7 Å². The number of hydrogen-bond acceptors (Lipinski definition) is 5. The van der Waals surface area contributed by atoms with Crippen LogP contribution in [-0.4, -0.2) is 27.7 Å². The molecule has 2 rings (SSSR count). The smallest absolute Gasteiger partial charge is 0.173 e. The Morgan fingerprint density at radius 3 is 2.95 bits per heavy atom. The predicted molar refractivity (Wildman–Crippen MR) is 78.3 cm³/mol. The van der Waals surface area contributed by atoms with Crippen molar-refractivity contribution >= 4 is 17.6 Å². The van der Waals surface area contributed by atoms with E-state index in [2.05, 4.69) is 10.1 Å². The topological polar surface area (TPSA) is 85.7 Å². The van der Waals surface area contributed by atoms with Crippen LogP contribution >= 0.6 is 11.8 Å². The molecule has 0 aliphatic rings. The zero-order chi connectivity index (χ0) is 14.5. The van der Waals surface area contributed by atoms with Gasteiger partial charge in [0, 0.05) is 25.2 Å². The van der Waals surface area contributed by atoms with Crippen LogP contribution in [0.2, 0.25) is 0 Å². The van der Waals surface area contributed by atoms with Gasteiger partial charge in [-0.25, -0.2) is 4.98 Å². The number of aromatic nitrogens is 2. The summed E-state index contributed by atoms with van der Waals surface area (Å²) in [6, 6.07) is 5.58. The number of aryl methyl sites for hydroxylation is 1. The SMILES string of the molecule is COc1cc(CSc2nccn2C)ccc1/C(N)=N/O. The van der Waals surface area contributed by atoms with E-state index in [0.717, 1.165) is 16.5 Å². The largest absolute Gasteiger partial charge is 0.496 e. The summed E-state index contributed by atoms with van der Waals surface area (Å²) in [6.45, 7) is 0. The Balaban J connectivity index is 2.16. The molecule has 0 aliphatic heterocycles. The van der Waals surface area contributed by atoms with Crippen molar-refractivity contribution in [2.45, 2.75) is 10.9 Å². The molecule has 0 atom stereocenters. The molecule has 1 aromatic carbocycles. The second kappa shape index (κ2) is 6.33. The van der Waals surface area contributed by atoms with Gasteiger partial charge in [-0.15, -0.1) is 0 Å². The van der Waals surface area contributed by atoms with E-state index in [-0.39, 0.29) is 5.84 Å². The zero-order valence-electron chi connectivity index (χ0n) is 11.3. The first kappa shape index (κ1) is 14.3. The normalized spacial score (nSPS) is 11.6. The van der Waals surface area contributed by atoms with Crippen molar-refractivity contribution in [2.75, 3.05) is 7.11 Å². The second-order valence-electron chi connectivity index (χ2n) is 4.13. The highest BCUT2D eigenvalue weighted by Gasteiger charge is 2.09. The Hall–Kier alpha value is -2.15. The lowest BCUT2D eigenvalue weighted by Gasteiger charge is -2.09. The van der Waals surface area contributed by atoms with Crippen molar-refractivity contribution in [1.82, 2.24) is 9.55 Å². The Morgan fingerprint density at radius 1 is 1.55 bits per heavy atom. The number of nitrogens with zero attached hydrogens (tertiary/aromatic N) is 3. The van der Waals surface area contributed by atoms with E-state index in [1.165, 1.54) is 0 Å². The van der Waals surface area contributed by atoms with Crippen LogP contribution in [0.5, 0.6) is 5.75 Å². The molecule has 1 heterocycles. The van der Waals surface area contributed by atoms with Gasteiger partial charge in [-0.1, -0.05) is 23.0 Å². The molecular formula is C13H16N4O2S. The van der Waals surface area contributed by atoms with Crippen molar-refractivity contribution in [3.8, 4) is 5.75 Å². The van der Waals surface area contributed by atoms with Gasteiger partial charge in [-0.3, -0.25) is 0 Å².